The number of fused-ring (bicyclic) bond motifs is 1. The molecular formula is C17H22N8O. The molecule has 4 heterocycles. The molecule has 4 rings (SSSR count). The third-order valence-electron chi connectivity index (χ3n) is 5.06. The van der Waals surface area contributed by atoms with Crippen molar-refractivity contribution in [1.82, 2.24) is 35.0 Å². The summed E-state index contributed by atoms with van der Waals surface area (Å²) in [4.78, 5) is 32.4. The van der Waals surface area contributed by atoms with E-state index in [-0.39, 0.29) is 5.91 Å². The summed E-state index contributed by atoms with van der Waals surface area (Å²) in [5.74, 6) is 1.03. The number of amides is 1. The molecule has 1 aliphatic rings. The fraction of sp³-hybridized carbons (Fsp3) is 0.471. The lowest BCUT2D eigenvalue weighted by molar-refractivity contribution is -0.131. The zero-order chi connectivity index (χ0) is 18.1. The molecule has 2 N–H and O–H groups in total. The number of nitrogens with one attached hydrogen (secondary N) is 2. The summed E-state index contributed by atoms with van der Waals surface area (Å²) >= 11 is 0. The van der Waals surface area contributed by atoms with E-state index in [0.29, 0.717) is 31.6 Å². The highest BCUT2D eigenvalue weighted by atomic mass is 16.2. The minimum Gasteiger partial charge on any atom is -0.351 e. The molecule has 136 valence electrons. The van der Waals surface area contributed by atoms with Crippen LogP contribution in [-0.4, -0.2) is 67.1 Å². The molecule has 3 aromatic heterocycles. The van der Waals surface area contributed by atoms with Gasteiger partial charge in [0.25, 0.3) is 0 Å². The molecule has 0 unspecified atom stereocenters. The Morgan fingerprint density at radius 1 is 1.15 bits per heavy atom. The van der Waals surface area contributed by atoms with Gasteiger partial charge in [0.05, 0.1) is 12.0 Å². The first kappa shape index (κ1) is 16.5. The van der Waals surface area contributed by atoms with Gasteiger partial charge < -0.3 is 14.8 Å². The first-order valence-corrected chi connectivity index (χ1v) is 8.80. The molecule has 0 aliphatic carbocycles. The number of nitrogens with zero attached hydrogens (tertiary/aromatic N) is 6. The van der Waals surface area contributed by atoms with Crippen molar-refractivity contribution in [2.24, 2.45) is 0 Å². The van der Waals surface area contributed by atoms with Crippen LogP contribution < -0.4 is 4.90 Å². The predicted octanol–water partition coefficient (Wildman–Crippen LogP) is 0.974. The second-order valence-corrected chi connectivity index (χ2v) is 6.59. The number of rotatable bonds is 4. The minimum atomic E-state index is 0.180. The molecular weight excluding hydrogens is 332 g/mol. The highest BCUT2D eigenvalue weighted by molar-refractivity contribution is 5.83. The van der Waals surface area contributed by atoms with Gasteiger partial charge in [-0.2, -0.15) is 5.10 Å². The first-order chi connectivity index (χ1) is 12.6. The smallest absolute Gasteiger partial charge is 0.223 e. The van der Waals surface area contributed by atoms with Gasteiger partial charge >= 0.3 is 0 Å². The van der Waals surface area contributed by atoms with Gasteiger partial charge in [0, 0.05) is 44.7 Å². The van der Waals surface area contributed by atoms with Gasteiger partial charge in [-0.15, -0.1) is 0 Å². The predicted molar refractivity (Wildman–Crippen MR) is 96.9 cm³/mol. The topological polar surface area (TPSA) is 107 Å². The van der Waals surface area contributed by atoms with Gasteiger partial charge in [0.1, 0.15) is 11.8 Å². The highest BCUT2D eigenvalue weighted by Crippen LogP contribution is 2.21. The van der Waals surface area contributed by atoms with E-state index >= 15 is 0 Å². The lowest BCUT2D eigenvalue weighted by Gasteiger charge is -2.35. The van der Waals surface area contributed by atoms with E-state index in [4.69, 9.17) is 0 Å². The van der Waals surface area contributed by atoms with Gasteiger partial charge in [0.2, 0.25) is 5.91 Å². The van der Waals surface area contributed by atoms with E-state index in [9.17, 15) is 4.79 Å². The Bertz CT molecular complexity index is 922. The van der Waals surface area contributed by atoms with E-state index < -0.39 is 0 Å². The molecule has 26 heavy (non-hydrogen) atoms. The van der Waals surface area contributed by atoms with Gasteiger partial charge in [-0.3, -0.25) is 9.89 Å². The van der Waals surface area contributed by atoms with Crippen molar-refractivity contribution in [3.8, 4) is 0 Å². The zero-order valence-electron chi connectivity index (χ0n) is 15.0. The van der Waals surface area contributed by atoms with E-state index in [0.717, 1.165) is 41.4 Å². The van der Waals surface area contributed by atoms with Crippen molar-refractivity contribution in [2.45, 2.75) is 26.7 Å². The van der Waals surface area contributed by atoms with Crippen LogP contribution in [0.2, 0.25) is 0 Å². The molecule has 9 heteroatoms. The summed E-state index contributed by atoms with van der Waals surface area (Å²) in [5.41, 5.74) is 4.71. The number of hydrogen-bond acceptors (Lipinski definition) is 6. The fourth-order valence-electron chi connectivity index (χ4n) is 3.32. The van der Waals surface area contributed by atoms with Gasteiger partial charge in [0.15, 0.2) is 11.5 Å². The molecule has 0 saturated carbocycles. The zero-order valence-corrected chi connectivity index (χ0v) is 15.0. The highest BCUT2D eigenvalue weighted by Gasteiger charge is 2.23. The Morgan fingerprint density at radius 2 is 1.96 bits per heavy atom. The average molecular weight is 354 g/mol. The summed E-state index contributed by atoms with van der Waals surface area (Å²) in [6.07, 6.45) is 4.32. The van der Waals surface area contributed by atoms with E-state index in [1.54, 1.807) is 6.33 Å². The van der Waals surface area contributed by atoms with E-state index in [2.05, 4.69) is 35.0 Å². The summed E-state index contributed by atoms with van der Waals surface area (Å²) in [6.45, 7) is 6.91. The number of hydrogen-bond donors (Lipinski definition) is 2. The van der Waals surface area contributed by atoms with Crippen LogP contribution in [0.5, 0.6) is 0 Å². The van der Waals surface area contributed by atoms with Crippen molar-refractivity contribution in [1.29, 1.82) is 0 Å². The third kappa shape index (κ3) is 3.00. The van der Waals surface area contributed by atoms with Crippen molar-refractivity contribution >= 4 is 22.9 Å². The Hall–Kier alpha value is -2.97. The monoisotopic (exact) mass is 354 g/mol. The maximum absolute atomic E-state index is 12.5. The molecule has 1 fully saturated rings. The number of imidazole rings is 1. The molecule has 0 atom stereocenters. The lowest BCUT2D eigenvalue weighted by atomic mass is 10.1. The first-order valence-electron chi connectivity index (χ1n) is 8.80. The number of carbonyl (C=O) groups excluding carboxylic acids is 1. The molecule has 0 spiro atoms. The van der Waals surface area contributed by atoms with Crippen molar-refractivity contribution < 1.29 is 4.79 Å². The summed E-state index contributed by atoms with van der Waals surface area (Å²) in [5, 5.41) is 7.26. The largest absolute Gasteiger partial charge is 0.351 e. The van der Waals surface area contributed by atoms with Crippen LogP contribution in [0.4, 0.5) is 5.82 Å². The van der Waals surface area contributed by atoms with Crippen LogP contribution in [0, 0.1) is 13.8 Å². The quantitative estimate of drug-likeness (QED) is 0.723. The molecule has 9 nitrogen and oxygen atoms in total. The van der Waals surface area contributed by atoms with Crippen LogP contribution in [0.1, 0.15) is 23.4 Å². The molecule has 3 aromatic rings. The van der Waals surface area contributed by atoms with Crippen molar-refractivity contribution in [2.75, 3.05) is 31.1 Å². The minimum absolute atomic E-state index is 0.180. The Balaban J connectivity index is 1.35. The summed E-state index contributed by atoms with van der Waals surface area (Å²) < 4.78 is 0. The fourth-order valence-corrected chi connectivity index (χ4v) is 3.32. The number of aromatic nitrogens is 6. The average Bonchev–Trinajstić information content (AvgIpc) is 3.27. The van der Waals surface area contributed by atoms with Crippen molar-refractivity contribution in [3.63, 3.8) is 0 Å². The number of carbonyl (C=O) groups is 1. The maximum atomic E-state index is 12.5. The standard InChI is InChI=1S/C17H22N8O/c1-11-12(2)22-23-13(11)3-4-14(26)24-5-7-25(8-6-24)17-15-16(19-9-18-15)20-10-21-17/h9-10H,3-8H2,1-2H3,(H,22,23)(H,18,19,20,21). The molecule has 1 aliphatic heterocycles. The molecule has 1 saturated heterocycles. The number of anilines is 1. The van der Waals surface area contributed by atoms with Crippen LogP contribution in [0.3, 0.4) is 0 Å². The van der Waals surface area contributed by atoms with Crippen LogP contribution in [0.15, 0.2) is 12.7 Å². The lowest BCUT2D eigenvalue weighted by Crippen LogP contribution is -2.49. The Labute approximate surface area is 150 Å². The molecule has 0 bridgehead atoms. The van der Waals surface area contributed by atoms with E-state index in [1.165, 1.54) is 6.33 Å². The normalized spacial score (nSPS) is 15.0. The second-order valence-electron chi connectivity index (χ2n) is 6.59. The molecule has 1 amide bonds. The third-order valence-corrected chi connectivity index (χ3v) is 5.06. The summed E-state index contributed by atoms with van der Waals surface area (Å²) in [7, 11) is 0. The van der Waals surface area contributed by atoms with Crippen LogP contribution in [-0.2, 0) is 11.2 Å². The number of aromatic amines is 2. The van der Waals surface area contributed by atoms with Gasteiger partial charge in [-0.25, -0.2) is 15.0 Å². The summed E-state index contributed by atoms with van der Waals surface area (Å²) in [6, 6.07) is 0. The Kier molecular flexibility index (Phi) is 4.27. The number of aryl methyl sites for hydroxylation is 2. The molecule has 0 aromatic carbocycles. The number of H-pyrrole nitrogens is 2. The van der Waals surface area contributed by atoms with Gasteiger partial charge in [-0.1, -0.05) is 0 Å². The van der Waals surface area contributed by atoms with Crippen LogP contribution in [0.25, 0.3) is 11.2 Å². The van der Waals surface area contributed by atoms with E-state index in [1.807, 2.05) is 18.7 Å². The SMILES string of the molecule is Cc1[nH]nc(CCC(=O)N2CCN(c3ncnc4nc[nH]c34)CC2)c1C. The van der Waals surface area contributed by atoms with Gasteiger partial charge in [-0.05, 0) is 19.4 Å². The number of piperazine rings is 1. The maximum Gasteiger partial charge on any atom is 0.223 e. The Morgan fingerprint density at radius 3 is 2.69 bits per heavy atom. The van der Waals surface area contributed by atoms with Crippen molar-refractivity contribution in [3.05, 3.63) is 29.6 Å². The molecule has 0 radical (unpaired) electrons. The van der Waals surface area contributed by atoms with Crippen LogP contribution >= 0.6 is 0 Å². The second kappa shape index (κ2) is 6.74.